The number of fused-ring (bicyclic) bond motifs is 6. The van der Waals surface area contributed by atoms with Crippen LogP contribution >= 0.6 is 0 Å². The Hall–Kier alpha value is -9.79. The number of imidazole rings is 3. The largest absolute Gasteiger partial charge is 0.493 e. The van der Waals surface area contributed by atoms with E-state index < -0.39 is 0 Å². The molecule has 4 N–H and O–H groups in total. The van der Waals surface area contributed by atoms with E-state index in [-0.39, 0.29) is 35.8 Å². The molecule has 0 bridgehead atoms. The number of hydrogen-bond donors (Lipinski definition) is 4. The summed E-state index contributed by atoms with van der Waals surface area (Å²) in [6, 6.07) is 30.2. The fraction of sp³-hybridized carbons (Fsp3) is 0.358. The number of benzene rings is 3. The second-order valence-corrected chi connectivity index (χ2v) is 24.2. The van der Waals surface area contributed by atoms with Gasteiger partial charge in [0.25, 0.3) is 0 Å². The van der Waals surface area contributed by atoms with E-state index in [4.69, 9.17) is 35.0 Å². The zero-order valence-corrected chi connectivity index (χ0v) is 51.7. The minimum atomic E-state index is 0.0200. The van der Waals surface area contributed by atoms with Gasteiger partial charge in [0.15, 0.2) is 16.9 Å². The number of aromatic amines is 1. The Morgan fingerprint density at radius 1 is 0.523 bits per heavy atom. The molecule has 0 unspecified atom stereocenters. The summed E-state index contributed by atoms with van der Waals surface area (Å²) in [4.78, 5) is 59.2. The fourth-order valence-electron chi connectivity index (χ4n) is 13.5. The van der Waals surface area contributed by atoms with Gasteiger partial charge in [0.1, 0.15) is 5.75 Å². The number of aryl methyl sites for hydroxylation is 7. The Kier molecular flexibility index (Phi) is 15.1. The van der Waals surface area contributed by atoms with Crippen molar-refractivity contribution in [3.8, 4) is 39.5 Å². The molecular weight excluding hydrogens is 1110 g/mol. The van der Waals surface area contributed by atoms with E-state index in [9.17, 15) is 14.4 Å². The molecule has 0 radical (unpaired) electrons. The SMILES string of the molecule is CC(=O)N[C@@H]1CCN(c2cc(C)nn3c(-c4ccc5c(c4)CCO5)c(C)nc23)C1.CC(=O)N[C@@H]1CCN(c2cc(C)nn3c(-c4ccc5cc[nH]c5c4)c(C)nc23)C1.CC(=O)N[C@@H]1CCN(c2cc(C)nn3c(-c4ccc5ccn(C)c5c4)c(C)nc23)C1. The maximum absolute atomic E-state index is 11.5. The molecule has 0 saturated carbocycles. The van der Waals surface area contributed by atoms with Crippen LogP contribution in [0.3, 0.4) is 0 Å². The molecule has 11 aromatic rings. The summed E-state index contributed by atoms with van der Waals surface area (Å²) >= 11 is 0. The van der Waals surface area contributed by atoms with Crippen molar-refractivity contribution in [2.75, 3.05) is 60.6 Å². The summed E-state index contributed by atoms with van der Waals surface area (Å²) in [7, 11) is 2.06. The second kappa shape index (κ2) is 23.1. The number of rotatable bonds is 9. The second-order valence-electron chi connectivity index (χ2n) is 24.2. The highest BCUT2D eigenvalue weighted by molar-refractivity contribution is 5.88. The summed E-state index contributed by atoms with van der Waals surface area (Å²) < 4.78 is 13.7. The van der Waals surface area contributed by atoms with Crippen molar-refractivity contribution in [1.82, 2.24) is 69.3 Å². The maximum atomic E-state index is 11.5. The van der Waals surface area contributed by atoms with Crippen LogP contribution in [0.2, 0.25) is 0 Å². The molecule has 0 aliphatic carbocycles. The van der Waals surface area contributed by atoms with Crippen molar-refractivity contribution < 1.29 is 19.1 Å². The highest BCUT2D eigenvalue weighted by atomic mass is 16.5. The summed E-state index contributed by atoms with van der Waals surface area (Å²) in [6.07, 6.45) is 7.77. The van der Waals surface area contributed by atoms with Gasteiger partial charge in [0.2, 0.25) is 17.7 Å². The van der Waals surface area contributed by atoms with E-state index in [1.807, 2.05) is 67.4 Å². The van der Waals surface area contributed by atoms with Gasteiger partial charge in [-0.1, -0.05) is 24.3 Å². The van der Waals surface area contributed by atoms with Crippen LogP contribution in [0.25, 0.3) is 72.5 Å². The van der Waals surface area contributed by atoms with E-state index in [0.29, 0.717) is 0 Å². The number of H-pyrrole nitrogens is 1. The Bertz CT molecular complexity index is 4550. The molecule has 15 rings (SSSR count). The Morgan fingerprint density at radius 3 is 1.42 bits per heavy atom. The molecular formula is C67H75N17O4. The third-order valence-electron chi connectivity index (χ3n) is 17.3. The number of carbonyl (C=O) groups excluding carboxylic acids is 3. The van der Waals surface area contributed by atoms with E-state index in [0.717, 1.165) is 185 Å². The third kappa shape index (κ3) is 11.1. The van der Waals surface area contributed by atoms with Crippen molar-refractivity contribution in [2.45, 2.75) is 106 Å². The molecule has 0 spiro atoms. The quantitative estimate of drug-likeness (QED) is 0.106. The number of nitrogens with zero attached hydrogens (tertiary/aromatic N) is 13. The predicted octanol–water partition coefficient (Wildman–Crippen LogP) is 9.09. The molecule has 3 aromatic carbocycles. The number of carbonyl (C=O) groups is 3. The zero-order chi connectivity index (χ0) is 61.2. The maximum Gasteiger partial charge on any atom is 0.217 e. The lowest BCUT2D eigenvalue weighted by atomic mass is 10.1. The highest BCUT2D eigenvalue weighted by Gasteiger charge is 2.31. The van der Waals surface area contributed by atoms with Crippen molar-refractivity contribution in [2.24, 2.45) is 7.05 Å². The van der Waals surface area contributed by atoms with Crippen molar-refractivity contribution in [1.29, 1.82) is 0 Å². The van der Waals surface area contributed by atoms with Crippen LogP contribution in [0, 0.1) is 41.5 Å². The van der Waals surface area contributed by atoms with E-state index in [2.05, 4.69) is 132 Å². The predicted molar refractivity (Wildman–Crippen MR) is 345 cm³/mol. The van der Waals surface area contributed by atoms with Gasteiger partial charge in [0, 0.05) is 132 Å². The zero-order valence-electron chi connectivity index (χ0n) is 51.7. The molecule has 12 heterocycles. The Balaban J connectivity index is 0.000000122. The van der Waals surface area contributed by atoms with Crippen LogP contribution in [0.15, 0.2) is 97.3 Å². The average Bonchev–Trinajstić information content (AvgIpc) is 1.82. The third-order valence-corrected chi connectivity index (χ3v) is 17.3. The molecule has 88 heavy (non-hydrogen) atoms. The number of amides is 3. The van der Waals surface area contributed by atoms with Gasteiger partial charge in [-0.15, -0.1) is 0 Å². The monoisotopic (exact) mass is 1180 g/mol. The minimum absolute atomic E-state index is 0.0200. The standard InChI is InChI=1S/C23H26N6O.C22H24N6O.C22H25N5O2/c1-14-11-21(28-10-8-19(13-28)25-16(3)30)23-24-15(2)22(29(23)26-14)18-6-5-17-7-9-27(4)20(17)12-18;1-13-10-20(27-9-7-18(12-27)25-15(3)29)22-24-14(2)21(28(22)26-13)17-5-4-16-6-8-23-19(16)11-17;1-13-10-19(26-8-6-18(12-26)24-15(3)28)22-23-14(2)21(27(22)25-13)17-4-5-20-16(11-17)7-9-29-20/h5-7,9,11-12,19H,8,10,13H2,1-4H3,(H,25,30);4-6,8,10-11,18,23H,7,9,12H2,1-3H3,(H,25,29);4-5,10-11,18H,6-9,12H2,1-3H3,(H,24,28)/t19-;2*18-/m111/s1. The van der Waals surface area contributed by atoms with Crippen LogP contribution in [0.4, 0.5) is 17.1 Å². The minimum Gasteiger partial charge on any atom is -0.493 e. The smallest absolute Gasteiger partial charge is 0.217 e. The molecule has 4 aliphatic rings. The van der Waals surface area contributed by atoms with Gasteiger partial charge in [-0.3, -0.25) is 14.4 Å². The molecule has 3 atom stereocenters. The number of nitrogens with one attached hydrogen (secondary N) is 4. The average molecular weight is 1180 g/mol. The van der Waals surface area contributed by atoms with Crippen molar-refractivity contribution in [3.05, 3.63) is 137 Å². The Morgan fingerprint density at radius 2 is 0.955 bits per heavy atom. The van der Waals surface area contributed by atoms with E-state index in [1.54, 1.807) is 20.8 Å². The molecule has 3 amide bonds. The molecule has 21 heteroatoms. The lowest BCUT2D eigenvalue weighted by Crippen LogP contribution is -2.35. The summed E-state index contributed by atoms with van der Waals surface area (Å²) in [6.45, 7) is 22.7. The van der Waals surface area contributed by atoms with Crippen LogP contribution in [0.1, 0.15) is 79.8 Å². The molecule has 452 valence electrons. The fourth-order valence-corrected chi connectivity index (χ4v) is 13.5. The topological polar surface area (TPSA) is 218 Å². The summed E-state index contributed by atoms with van der Waals surface area (Å²) in [5.41, 5.74) is 21.4. The summed E-state index contributed by atoms with van der Waals surface area (Å²) in [5.74, 6) is 1.04. The molecule has 3 fully saturated rings. The highest BCUT2D eigenvalue weighted by Crippen LogP contribution is 2.37. The number of aromatic nitrogens is 11. The molecule has 21 nitrogen and oxygen atoms in total. The van der Waals surface area contributed by atoms with Gasteiger partial charge in [-0.2, -0.15) is 15.3 Å². The number of hydrogen-bond acceptors (Lipinski definition) is 13. The number of anilines is 3. The Labute approximate surface area is 510 Å². The first kappa shape index (κ1) is 57.3. The lowest BCUT2D eigenvalue weighted by Gasteiger charge is -2.20. The first-order valence-electron chi connectivity index (χ1n) is 30.5. The molecule has 4 aliphatic heterocycles. The van der Waals surface area contributed by atoms with Crippen LogP contribution in [0.5, 0.6) is 5.75 Å². The molecule has 8 aromatic heterocycles. The van der Waals surface area contributed by atoms with Crippen LogP contribution in [-0.4, -0.2) is 135 Å². The number of ether oxygens (including phenoxy) is 1. The van der Waals surface area contributed by atoms with Gasteiger partial charge in [-0.25, -0.2) is 28.5 Å². The lowest BCUT2D eigenvalue weighted by molar-refractivity contribution is -0.120. The van der Waals surface area contributed by atoms with Crippen molar-refractivity contribution >= 4 is 73.5 Å². The van der Waals surface area contributed by atoms with E-state index in [1.165, 1.54) is 21.9 Å². The summed E-state index contributed by atoms with van der Waals surface area (Å²) in [5, 5.41) is 25.9. The first-order chi connectivity index (χ1) is 42.4. The van der Waals surface area contributed by atoms with Crippen LogP contribution in [-0.2, 0) is 27.9 Å². The van der Waals surface area contributed by atoms with Gasteiger partial charge in [-0.05, 0) is 138 Å². The molecule has 3 saturated heterocycles. The van der Waals surface area contributed by atoms with Gasteiger partial charge < -0.3 is 44.9 Å². The normalized spacial score (nSPS) is 17.2. The first-order valence-corrected chi connectivity index (χ1v) is 30.5. The van der Waals surface area contributed by atoms with Crippen LogP contribution < -0.4 is 35.4 Å². The van der Waals surface area contributed by atoms with E-state index >= 15 is 0 Å². The van der Waals surface area contributed by atoms with Crippen molar-refractivity contribution in [3.63, 3.8) is 0 Å². The van der Waals surface area contributed by atoms with Gasteiger partial charge >= 0.3 is 0 Å². The van der Waals surface area contributed by atoms with Gasteiger partial charge in [0.05, 0.1) is 74.9 Å².